The molecule has 5 heteroatoms. The molecule has 5 nitrogen and oxygen atoms in total. The Balaban J connectivity index is 1.68. The molecule has 0 unspecified atom stereocenters. The molecular formula is C19H32N4O. The highest BCUT2D eigenvalue weighted by Crippen LogP contribution is 2.18. The summed E-state index contributed by atoms with van der Waals surface area (Å²) in [7, 11) is 0. The fourth-order valence-corrected chi connectivity index (χ4v) is 2.96. The molecule has 0 bridgehead atoms. The number of nitrogens with zero attached hydrogens (tertiary/aromatic N) is 2. The van der Waals surface area contributed by atoms with E-state index in [0.29, 0.717) is 6.61 Å². The Labute approximate surface area is 146 Å². The zero-order valence-corrected chi connectivity index (χ0v) is 15.2. The predicted molar refractivity (Wildman–Crippen MR) is 101 cm³/mol. The van der Waals surface area contributed by atoms with E-state index in [1.54, 1.807) is 0 Å². The molecule has 1 heterocycles. The van der Waals surface area contributed by atoms with Crippen LogP contribution in [-0.2, 0) is 17.7 Å². The molecule has 0 amide bonds. The molecule has 2 rings (SSSR count). The molecule has 1 aliphatic rings. The Kier molecular flexibility index (Phi) is 8.63. The summed E-state index contributed by atoms with van der Waals surface area (Å²) in [5.41, 5.74) is 3.00. The van der Waals surface area contributed by atoms with Gasteiger partial charge in [0, 0.05) is 45.9 Å². The van der Waals surface area contributed by atoms with Crippen molar-refractivity contribution < 1.29 is 4.74 Å². The van der Waals surface area contributed by atoms with Gasteiger partial charge in [-0.2, -0.15) is 0 Å². The van der Waals surface area contributed by atoms with Crippen molar-refractivity contribution in [3.63, 3.8) is 0 Å². The average Bonchev–Trinajstić information content (AvgIpc) is 2.62. The lowest BCUT2D eigenvalue weighted by molar-refractivity contribution is 0.152. The second kappa shape index (κ2) is 11.0. The maximum absolute atomic E-state index is 5.34. The first-order valence-corrected chi connectivity index (χ1v) is 9.22. The van der Waals surface area contributed by atoms with Gasteiger partial charge in [0.15, 0.2) is 5.96 Å². The van der Waals surface area contributed by atoms with Crippen LogP contribution in [-0.4, -0.2) is 56.8 Å². The average molecular weight is 332 g/mol. The minimum absolute atomic E-state index is 0.716. The molecular weight excluding hydrogens is 300 g/mol. The van der Waals surface area contributed by atoms with E-state index >= 15 is 0 Å². The molecule has 1 aromatic rings. The maximum atomic E-state index is 5.34. The van der Waals surface area contributed by atoms with Crippen LogP contribution in [0.3, 0.4) is 0 Å². The third-order valence-electron chi connectivity index (χ3n) is 4.20. The van der Waals surface area contributed by atoms with Crippen molar-refractivity contribution in [3.05, 3.63) is 35.4 Å². The van der Waals surface area contributed by atoms with E-state index in [0.717, 1.165) is 58.3 Å². The van der Waals surface area contributed by atoms with Gasteiger partial charge in [0.2, 0.25) is 0 Å². The number of rotatable bonds is 9. The molecule has 1 aromatic carbocycles. The van der Waals surface area contributed by atoms with E-state index in [1.165, 1.54) is 17.5 Å². The van der Waals surface area contributed by atoms with Gasteiger partial charge in [0.1, 0.15) is 0 Å². The Morgan fingerprint density at radius 2 is 2.04 bits per heavy atom. The van der Waals surface area contributed by atoms with E-state index in [-0.39, 0.29) is 0 Å². The van der Waals surface area contributed by atoms with Crippen LogP contribution >= 0.6 is 0 Å². The van der Waals surface area contributed by atoms with Crippen LogP contribution in [0.25, 0.3) is 0 Å². The smallest absolute Gasteiger partial charge is 0.191 e. The lowest BCUT2D eigenvalue weighted by atomic mass is 10.00. The molecule has 0 saturated heterocycles. The summed E-state index contributed by atoms with van der Waals surface area (Å²) in [5, 5.41) is 6.59. The fourth-order valence-electron chi connectivity index (χ4n) is 2.96. The van der Waals surface area contributed by atoms with Gasteiger partial charge in [-0.1, -0.05) is 24.3 Å². The van der Waals surface area contributed by atoms with Crippen LogP contribution in [0.4, 0.5) is 0 Å². The maximum Gasteiger partial charge on any atom is 0.191 e. The molecule has 0 saturated carbocycles. The summed E-state index contributed by atoms with van der Waals surface area (Å²) in [4.78, 5) is 7.19. The molecule has 1 aliphatic heterocycles. The zero-order valence-electron chi connectivity index (χ0n) is 15.2. The number of nitrogens with one attached hydrogen (secondary N) is 2. The Hall–Kier alpha value is -1.59. The Morgan fingerprint density at radius 3 is 2.83 bits per heavy atom. The van der Waals surface area contributed by atoms with Gasteiger partial charge in [-0.15, -0.1) is 0 Å². The fraction of sp³-hybridized carbons (Fsp3) is 0.632. The van der Waals surface area contributed by atoms with Gasteiger partial charge < -0.3 is 15.4 Å². The van der Waals surface area contributed by atoms with Crippen LogP contribution in [0.15, 0.2) is 29.3 Å². The number of guanidine groups is 1. The summed E-state index contributed by atoms with van der Waals surface area (Å²) < 4.78 is 5.34. The highest BCUT2D eigenvalue weighted by Gasteiger charge is 2.14. The monoisotopic (exact) mass is 332 g/mol. The zero-order chi connectivity index (χ0) is 17.0. The minimum Gasteiger partial charge on any atom is -0.380 e. The van der Waals surface area contributed by atoms with Crippen molar-refractivity contribution in [1.29, 1.82) is 0 Å². The van der Waals surface area contributed by atoms with Crippen molar-refractivity contribution in [2.75, 3.05) is 45.9 Å². The number of hydrogen-bond acceptors (Lipinski definition) is 3. The van der Waals surface area contributed by atoms with Crippen molar-refractivity contribution in [3.8, 4) is 0 Å². The SMILES string of the molecule is CCNC(=NCCCN1CCc2ccccc2C1)NCCOCC. The second-order valence-electron chi connectivity index (χ2n) is 6.03. The van der Waals surface area contributed by atoms with Crippen molar-refractivity contribution in [2.45, 2.75) is 33.2 Å². The van der Waals surface area contributed by atoms with Gasteiger partial charge in [-0.05, 0) is 37.8 Å². The molecule has 0 atom stereocenters. The largest absolute Gasteiger partial charge is 0.380 e. The summed E-state index contributed by atoms with van der Waals surface area (Å²) >= 11 is 0. The van der Waals surface area contributed by atoms with Gasteiger partial charge in [0.05, 0.1) is 6.61 Å². The molecule has 0 radical (unpaired) electrons. The van der Waals surface area contributed by atoms with Crippen molar-refractivity contribution >= 4 is 5.96 Å². The first-order chi connectivity index (χ1) is 11.8. The number of fused-ring (bicyclic) bond motifs is 1. The normalized spacial score (nSPS) is 15.2. The lowest BCUT2D eigenvalue weighted by Crippen LogP contribution is -2.39. The quantitative estimate of drug-likeness (QED) is 0.413. The molecule has 0 spiro atoms. The first kappa shape index (κ1) is 18.7. The lowest BCUT2D eigenvalue weighted by Gasteiger charge is -2.28. The third kappa shape index (κ3) is 6.49. The topological polar surface area (TPSA) is 48.9 Å². The highest BCUT2D eigenvalue weighted by molar-refractivity contribution is 5.79. The summed E-state index contributed by atoms with van der Waals surface area (Å²) in [5.74, 6) is 0.890. The predicted octanol–water partition coefficient (Wildman–Crippen LogP) is 2.03. The van der Waals surface area contributed by atoms with Crippen molar-refractivity contribution in [1.82, 2.24) is 15.5 Å². The summed E-state index contributed by atoms with van der Waals surface area (Å²) in [6.45, 7) is 11.4. The minimum atomic E-state index is 0.716. The van der Waals surface area contributed by atoms with Gasteiger partial charge >= 0.3 is 0 Å². The van der Waals surface area contributed by atoms with Crippen LogP contribution in [0.5, 0.6) is 0 Å². The van der Waals surface area contributed by atoms with Crippen LogP contribution in [0, 0.1) is 0 Å². The number of benzene rings is 1. The van der Waals surface area contributed by atoms with Crippen LogP contribution in [0.1, 0.15) is 31.4 Å². The van der Waals surface area contributed by atoms with Crippen LogP contribution in [0.2, 0.25) is 0 Å². The van der Waals surface area contributed by atoms with E-state index in [2.05, 4.69) is 51.7 Å². The number of aliphatic imine (C=N–C) groups is 1. The molecule has 0 aromatic heterocycles. The molecule has 0 aliphatic carbocycles. The van der Waals surface area contributed by atoms with E-state index < -0.39 is 0 Å². The van der Waals surface area contributed by atoms with E-state index in [4.69, 9.17) is 4.74 Å². The molecule has 0 fully saturated rings. The Bertz CT molecular complexity index is 504. The molecule has 24 heavy (non-hydrogen) atoms. The van der Waals surface area contributed by atoms with Gasteiger partial charge in [0.25, 0.3) is 0 Å². The van der Waals surface area contributed by atoms with Crippen molar-refractivity contribution in [2.24, 2.45) is 4.99 Å². The standard InChI is InChI=1S/C19H32N4O/c1-3-20-19(22-12-15-24-4-2)21-11-7-13-23-14-10-17-8-5-6-9-18(17)16-23/h5-6,8-9H,3-4,7,10-16H2,1-2H3,(H2,20,21,22). The third-order valence-corrected chi connectivity index (χ3v) is 4.20. The summed E-state index contributed by atoms with van der Waals surface area (Å²) in [6, 6.07) is 8.80. The first-order valence-electron chi connectivity index (χ1n) is 9.22. The van der Waals surface area contributed by atoms with E-state index in [1.807, 2.05) is 6.92 Å². The second-order valence-corrected chi connectivity index (χ2v) is 6.03. The number of hydrogen-bond donors (Lipinski definition) is 2. The number of ether oxygens (including phenoxy) is 1. The van der Waals surface area contributed by atoms with Gasteiger partial charge in [-0.3, -0.25) is 9.89 Å². The van der Waals surface area contributed by atoms with E-state index in [9.17, 15) is 0 Å². The van der Waals surface area contributed by atoms with Gasteiger partial charge in [-0.25, -0.2) is 0 Å². The van der Waals surface area contributed by atoms with Crippen LogP contribution < -0.4 is 10.6 Å². The Morgan fingerprint density at radius 1 is 1.21 bits per heavy atom. The molecule has 134 valence electrons. The molecule has 2 N–H and O–H groups in total. The summed E-state index contributed by atoms with van der Waals surface area (Å²) in [6.07, 6.45) is 2.26. The highest BCUT2D eigenvalue weighted by atomic mass is 16.5.